The van der Waals surface area contributed by atoms with Crippen LogP contribution in [0.3, 0.4) is 0 Å². The van der Waals surface area contributed by atoms with E-state index in [0.29, 0.717) is 0 Å². The van der Waals surface area contributed by atoms with E-state index >= 15 is 0 Å². The van der Waals surface area contributed by atoms with Gasteiger partial charge in [-0.25, -0.2) is 0 Å². The van der Waals surface area contributed by atoms with Crippen LogP contribution in [0, 0.1) is 0 Å². The van der Waals surface area contributed by atoms with Gasteiger partial charge in [-0.2, -0.15) is 0 Å². The Balaban J connectivity index is 1.84. The first-order valence-electron chi connectivity index (χ1n) is 9.77. The van der Waals surface area contributed by atoms with Crippen LogP contribution in [0.25, 0.3) is 16.9 Å². The van der Waals surface area contributed by atoms with Gasteiger partial charge >= 0.3 is 0 Å². The Kier molecular flexibility index (Phi) is 3.20. The van der Waals surface area contributed by atoms with Gasteiger partial charge in [-0.1, -0.05) is 26.5 Å². The molecular formula is C23H26N4. The van der Waals surface area contributed by atoms with Crippen LogP contribution < -0.4 is 5.32 Å². The summed E-state index contributed by atoms with van der Waals surface area (Å²) in [6.45, 7) is 13.6. The highest BCUT2D eigenvalue weighted by atomic mass is 15.2. The molecule has 0 atom stereocenters. The zero-order valence-corrected chi connectivity index (χ0v) is 16.6. The van der Waals surface area contributed by atoms with Crippen molar-refractivity contribution in [3.05, 3.63) is 59.4 Å². The van der Waals surface area contributed by atoms with Crippen molar-refractivity contribution in [3.8, 4) is 11.3 Å². The van der Waals surface area contributed by atoms with Crippen LogP contribution in [0.2, 0.25) is 0 Å². The molecule has 5 rings (SSSR count). The van der Waals surface area contributed by atoms with Crippen molar-refractivity contribution in [2.24, 2.45) is 0 Å². The number of benzene rings is 1. The second-order valence-corrected chi connectivity index (χ2v) is 8.98. The van der Waals surface area contributed by atoms with Gasteiger partial charge in [-0.15, -0.1) is 10.2 Å². The normalized spacial score (nSPS) is 19.6. The zero-order chi connectivity index (χ0) is 19.0. The Morgan fingerprint density at radius 3 is 2.70 bits per heavy atom. The van der Waals surface area contributed by atoms with Crippen molar-refractivity contribution >= 4 is 11.3 Å². The quantitative estimate of drug-likeness (QED) is 0.628. The first-order chi connectivity index (χ1) is 12.8. The molecule has 4 nitrogen and oxygen atoms in total. The van der Waals surface area contributed by atoms with Crippen LogP contribution in [0.1, 0.15) is 50.8 Å². The van der Waals surface area contributed by atoms with Crippen molar-refractivity contribution in [2.45, 2.75) is 57.9 Å². The minimum atomic E-state index is -0.108. The summed E-state index contributed by atoms with van der Waals surface area (Å²) in [6.07, 6.45) is 5.28. The molecule has 2 aliphatic rings. The molecule has 27 heavy (non-hydrogen) atoms. The SMILES string of the molecule is C=C1C(C)(C)Nc2c(cc(-c3cccc4nncn34)c3c2CCC3)C1(C)C. The van der Waals surface area contributed by atoms with Gasteiger partial charge in [0.15, 0.2) is 5.65 Å². The molecule has 3 heterocycles. The molecule has 1 aliphatic heterocycles. The van der Waals surface area contributed by atoms with Crippen LogP contribution in [0.5, 0.6) is 0 Å². The van der Waals surface area contributed by atoms with E-state index in [1.807, 2.05) is 12.4 Å². The van der Waals surface area contributed by atoms with Crippen molar-refractivity contribution in [2.75, 3.05) is 5.32 Å². The number of nitrogens with one attached hydrogen (secondary N) is 1. The van der Waals surface area contributed by atoms with E-state index in [9.17, 15) is 0 Å². The molecule has 0 saturated heterocycles. The molecule has 0 bridgehead atoms. The highest BCUT2D eigenvalue weighted by molar-refractivity contribution is 5.80. The summed E-state index contributed by atoms with van der Waals surface area (Å²) in [6, 6.07) is 8.65. The molecule has 0 radical (unpaired) electrons. The van der Waals surface area contributed by atoms with Gasteiger partial charge in [-0.05, 0) is 73.6 Å². The molecule has 0 amide bonds. The Bertz CT molecular complexity index is 1100. The molecule has 2 aromatic heterocycles. The number of fused-ring (bicyclic) bond motifs is 4. The average molecular weight is 358 g/mol. The number of aromatic nitrogens is 3. The summed E-state index contributed by atoms with van der Waals surface area (Å²) >= 11 is 0. The fourth-order valence-corrected chi connectivity index (χ4v) is 5.05. The number of pyridine rings is 1. The second-order valence-electron chi connectivity index (χ2n) is 8.98. The predicted octanol–water partition coefficient (Wildman–Crippen LogP) is 4.92. The highest BCUT2D eigenvalue weighted by Gasteiger charge is 2.43. The lowest BCUT2D eigenvalue weighted by Crippen LogP contribution is -2.46. The van der Waals surface area contributed by atoms with E-state index < -0.39 is 0 Å². The Labute approximate surface area is 160 Å². The highest BCUT2D eigenvalue weighted by Crippen LogP contribution is 2.51. The summed E-state index contributed by atoms with van der Waals surface area (Å²) in [5, 5.41) is 12.2. The summed E-state index contributed by atoms with van der Waals surface area (Å²) in [4.78, 5) is 0. The van der Waals surface area contributed by atoms with Gasteiger partial charge < -0.3 is 5.32 Å². The van der Waals surface area contributed by atoms with E-state index in [0.717, 1.165) is 18.5 Å². The van der Waals surface area contributed by atoms with E-state index in [-0.39, 0.29) is 11.0 Å². The molecule has 138 valence electrons. The van der Waals surface area contributed by atoms with Gasteiger partial charge in [0.1, 0.15) is 6.33 Å². The molecule has 0 unspecified atom stereocenters. The molecule has 3 aromatic rings. The summed E-state index contributed by atoms with van der Waals surface area (Å²) in [5.41, 5.74) is 10.1. The van der Waals surface area contributed by atoms with Gasteiger partial charge in [0, 0.05) is 16.7 Å². The van der Waals surface area contributed by atoms with E-state index in [4.69, 9.17) is 0 Å². The molecule has 0 saturated carbocycles. The van der Waals surface area contributed by atoms with Gasteiger partial charge in [0.2, 0.25) is 0 Å². The van der Waals surface area contributed by atoms with Gasteiger partial charge in [0.25, 0.3) is 0 Å². The standard InChI is InChI=1S/C23H26N4/c1-14-22(2,3)18-12-17(19-10-7-11-20-26-24-13-27(19)20)15-8-6-9-16(15)21(18)25-23(14,4)5/h7,10-13,25H,1,6,8-9H2,2-5H3. The smallest absolute Gasteiger partial charge is 0.161 e. The maximum atomic E-state index is 4.47. The minimum absolute atomic E-state index is 0.0858. The third kappa shape index (κ3) is 2.16. The van der Waals surface area contributed by atoms with Crippen molar-refractivity contribution < 1.29 is 0 Å². The van der Waals surface area contributed by atoms with Gasteiger partial charge in [0.05, 0.1) is 11.2 Å². The number of anilines is 1. The third-order valence-electron chi connectivity index (χ3n) is 6.63. The fourth-order valence-electron chi connectivity index (χ4n) is 5.05. The largest absolute Gasteiger partial charge is 0.376 e. The zero-order valence-electron chi connectivity index (χ0n) is 16.6. The molecule has 1 aliphatic carbocycles. The molecule has 0 spiro atoms. The Hall–Kier alpha value is -2.62. The predicted molar refractivity (Wildman–Crippen MR) is 110 cm³/mol. The number of rotatable bonds is 1. The lowest BCUT2D eigenvalue weighted by Gasteiger charge is -2.47. The van der Waals surface area contributed by atoms with E-state index in [1.54, 1.807) is 0 Å². The lowest BCUT2D eigenvalue weighted by atomic mass is 9.66. The molecule has 0 fully saturated rings. The maximum absolute atomic E-state index is 4.47. The third-order valence-corrected chi connectivity index (χ3v) is 6.63. The van der Waals surface area contributed by atoms with Crippen molar-refractivity contribution in [1.29, 1.82) is 0 Å². The fraction of sp³-hybridized carbons (Fsp3) is 0.391. The molecular weight excluding hydrogens is 332 g/mol. The molecule has 1 aromatic carbocycles. The first-order valence-corrected chi connectivity index (χ1v) is 9.77. The maximum Gasteiger partial charge on any atom is 0.161 e. The molecule has 4 heteroatoms. The Morgan fingerprint density at radius 2 is 1.89 bits per heavy atom. The van der Waals surface area contributed by atoms with Crippen LogP contribution in [-0.4, -0.2) is 20.1 Å². The summed E-state index contributed by atoms with van der Waals surface area (Å²) in [7, 11) is 0. The van der Waals surface area contributed by atoms with Crippen LogP contribution >= 0.6 is 0 Å². The van der Waals surface area contributed by atoms with Crippen molar-refractivity contribution in [1.82, 2.24) is 14.6 Å². The monoisotopic (exact) mass is 358 g/mol. The Morgan fingerprint density at radius 1 is 1.11 bits per heavy atom. The molecule has 1 N–H and O–H groups in total. The van der Waals surface area contributed by atoms with Crippen molar-refractivity contribution in [3.63, 3.8) is 0 Å². The van der Waals surface area contributed by atoms with Gasteiger partial charge in [-0.3, -0.25) is 4.40 Å². The van der Waals surface area contributed by atoms with E-state index in [1.165, 1.54) is 45.6 Å². The summed E-state index contributed by atoms with van der Waals surface area (Å²) < 4.78 is 2.10. The van der Waals surface area contributed by atoms with Crippen LogP contribution in [-0.2, 0) is 18.3 Å². The average Bonchev–Trinajstić information content (AvgIpc) is 3.29. The number of hydrogen-bond donors (Lipinski definition) is 1. The van der Waals surface area contributed by atoms with E-state index in [2.05, 4.69) is 72.4 Å². The van der Waals surface area contributed by atoms with Crippen LogP contribution in [0.15, 0.2) is 42.7 Å². The lowest BCUT2D eigenvalue weighted by molar-refractivity contribution is 0.489. The number of nitrogens with zero attached hydrogens (tertiary/aromatic N) is 3. The number of hydrogen-bond acceptors (Lipinski definition) is 3. The first kappa shape index (κ1) is 16.5. The summed E-state index contributed by atoms with van der Waals surface area (Å²) in [5.74, 6) is 0. The van der Waals surface area contributed by atoms with Crippen LogP contribution in [0.4, 0.5) is 5.69 Å². The minimum Gasteiger partial charge on any atom is -0.376 e. The topological polar surface area (TPSA) is 42.2 Å². The second kappa shape index (κ2) is 5.22.